The van der Waals surface area contributed by atoms with Crippen molar-refractivity contribution in [3.8, 4) is 11.1 Å². The zero-order valence-electron chi connectivity index (χ0n) is 18.6. The molecule has 2 aliphatic heterocycles. The maximum Gasteiger partial charge on any atom is 0.407 e. The van der Waals surface area contributed by atoms with E-state index in [1.807, 2.05) is 24.3 Å². The van der Waals surface area contributed by atoms with Crippen molar-refractivity contribution >= 4 is 18.0 Å². The van der Waals surface area contributed by atoms with Crippen LogP contribution in [0.15, 0.2) is 48.5 Å². The lowest BCUT2D eigenvalue weighted by Crippen LogP contribution is -2.42. The quantitative estimate of drug-likeness (QED) is 0.701. The molecule has 2 aromatic carbocycles. The first kappa shape index (κ1) is 21.5. The molecule has 2 bridgehead atoms. The molecule has 2 amide bonds. The van der Waals surface area contributed by atoms with Crippen molar-refractivity contribution in [1.82, 2.24) is 10.2 Å². The molecule has 2 saturated heterocycles. The molecule has 0 saturated carbocycles. The smallest absolute Gasteiger partial charge is 0.407 e. The third-order valence-electron chi connectivity index (χ3n) is 7.33. The van der Waals surface area contributed by atoms with Crippen molar-refractivity contribution in [2.75, 3.05) is 6.61 Å². The second-order valence-corrected chi connectivity index (χ2v) is 9.36. The fourth-order valence-electron chi connectivity index (χ4n) is 5.90. The fraction of sp³-hybridized carbons (Fsp3) is 0.423. The zero-order valence-corrected chi connectivity index (χ0v) is 18.6. The Morgan fingerprint density at radius 3 is 2.30 bits per heavy atom. The van der Waals surface area contributed by atoms with Crippen LogP contribution in [0.5, 0.6) is 0 Å². The number of carbonyl (C=O) groups is 3. The Morgan fingerprint density at radius 2 is 1.70 bits per heavy atom. The Bertz CT molecular complexity index is 1050. The van der Waals surface area contributed by atoms with Gasteiger partial charge in [-0.25, -0.2) is 4.79 Å². The van der Waals surface area contributed by atoms with Crippen LogP contribution in [0.4, 0.5) is 4.79 Å². The van der Waals surface area contributed by atoms with Gasteiger partial charge in [0.15, 0.2) is 0 Å². The van der Waals surface area contributed by atoms with Crippen molar-refractivity contribution in [3.63, 3.8) is 0 Å². The van der Waals surface area contributed by atoms with Crippen LogP contribution in [-0.4, -0.2) is 52.7 Å². The molecule has 3 aliphatic rings. The van der Waals surface area contributed by atoms with Crippen molar-refractivity contribution < 1.29 is 24.2 Å². The van der Waals surface area contributed by atoms with E-state index >= 15 is 0 Å². The summed E-state index contributed by atoms with van der Waals surface area (Å²) in [5, 5.41) is 12.2. The molecular weight excluding hydrogens is 420 g/mol. The molecule has 3 unspecified atom stereocenters. The minimum atomic E-state index is -0.829. The number of carboxylic acid groups (broad SMARTS) is 1. The highest BCUT2D eigenvalue weighted by molar-refractivity contribution is 5.82. The summed E-state index contributed by atoms with van der Waals surface area (Å²) < 4.78 is 5.57. The summed E-state index contributed by atoms with van der Waals surface area (Å²) in [6.45, 7) is 1.99. The minimum absolute atomic E-state index is 0.00487. The van der Waals surface area contributed by atoms with Gasteiger partial charge in [-0.3, -0.25) is 9.59 Å². The number of aliphatic carboxylic acids is 1. The Kier molecular flexibility index (Phi) is 5.56. The van der Waals surface area contributed by atoms with E-state index in [0.717, 1.165) is 24.0 Å². The van der Waals surface area contributed by atoms with E-state index in [9.17, 15) is 19.5 Å². The van der Waals surface area contributed by atoms with Gasteiger partial charge in [-0.1, -0.05) is 48.5 Å². The predicted octanol–water partition coefficient (Wildman–Crippen LogP) is 3.77. The van der Waals surface area contributed by atoms with Crippen molar-refractivity contribution in [2.24, 2.45) is 5.92 Å². The highest BCUT2D eigenvalue weighted by Crippen LogP contribution is 2.44. The molecule has 33 heavy (non-hydrogen) atoms. The Labute approximate surface area is 192 Å². The molecule has 4 atom stereocenters. The van der Waals surface area contributed by atoms with Crippen LogP contribution in [0.25, 0.3) is 11.1 Å². The summed E-state index contributed by atoms with van der Waals surface area (Å²) in [6.07, 6.45) is 1.70. The van der Waals surface area contributed by atoms with Gasteiger partial charge in [-0.15, -0.1) is 0 Å². The summed E-state index contributed by atoms with van der Waals surface area (Å²) in [6, 6.07) is 15.7. The van der Waals surface area contributed by atoms with Crippen LogP contribution >= 0.6 is 0 Å². The van der Waals surface area contributed by atoms with Crippen LogP contribution in [0, 0.1) is 5.92 Å². The molecule has 7 heteroatoms. The summed E-state index contributed by atoms with van der Waals surface area (Å²) >= 11 is 0. The number of amides is 2. The second kappa shape index (κ2) is 8.54. The van der Waals surface area contributed by atoms with E-state index < -0.39 is 24.0 Å². The third-order valence-corrected chi connectivity index (χ3v) is 7.33. The lowest BCUT2D eigenvalue weighted by Gasteiger charge is -2.25. The summed E-state index contributed by atoms with van der Waals surface area (Å²) in [5.41, 5.74) is 4.63. The monoisotopic (exact) mass is 448 g/mol. The molecule has 2 N–H and O–H groups in total. The van der Waals surface area contributed by atoms with E-state index in [4.69, 9.17) is 4.74 Å². The molecule has 0 radical (unpaired) electrons. The second-order valence-electron chi connectivity index (χ2n) is 9.36. The maximum absolute atomic E-state index is 12.8. The molecule has 0 aromatic heterocycles. The highest BCUT2D eigenvalue weighted by Gasteiger charge is 2.51. The molecule has 5 rings (SSSR count). The number of carbonyl (C=O) groups excluding carboxylic acids is 2. The lowest BCUT2D eigenvalue weighted by molar-refractivity contribution is -0.143. The van der Waals surface area contributed by atoms with E-state index in [1.165, 1.54) is 11.1 Å². The van der Waals surface area contributed by atoms with Crippen LogP contribution < -0.4 is 5.32 Å². The average molecular weight is 449 g/mol. The average Bonchev–Trinajstić information content (AvgIpc) is 3.47. The molecule has 7 nitrogen and oxygen atoms in total. The number of nitrogens with zero attached hydrogens (tertiary/aromatic N) is 1. The van der Waals surface area contributed by atoms with Crippen molar-refractivity contribution in [2.45, 2.75) is 56.7 Å². The number of nitrogens with one attached hydrogen (secondary N) is 1. The van der Waals surface area contributed by atoms with Crippen molar-refractivity contribution in [1.29, 1.82) is 0 Å². The topological polar surface area (TPSA) is 95.9 Å². The SMILES string of the molecule is C[C@H](CC(=O)N1C2CCC1C(C(=O)O)C2)NC(=O)OCC1c2ccccc2-c2ccccc21. The van der Waals surface area contributed by atoms with Gasteiger partial charge in [-0.05, 0) is 48.4 Å². The number of benzene rings is 2. The van der Waals surface area contributed by atoms with Gasteiger partial charge < -0.3 is 20.1 Å². The van der Waals surface area contributed by atoms with Gasteiger partial charge in [0.2, 0.25) is 5.91 Å². The largest absolute Gasteiger partial charge is 0.481 e. The summed E-state index contributed by atoms with van der Waals surface area (Å²) in [5.74, 6) is -1.42. The minimum Gasteiger partial charge on any atom is -0.481 e. The Hall–Kier alpha value is -3.35. The van der Waals surface area contributed by atoms with Gasteiger partial charge in [0.05, 0.1) is 5.92 Å². The summed E-state index contributed by atoms with van der Waals surface area (Å²) in [7, 11) is 0. The van der Waals surface area contributed by atoms with Gasteiger partial charge >= 0.3 is 12.1 Å². The lowest BCUT2D eigenvalue weighted by atomic mass is 9.89. The van der Waals surface area contributed by atoms with Gasteiger partial charge in [-0.2, -0.15) is 0 Å². The Balaban J connectivity index is 1.16. The van der Waals surface area contributed by atoms with E-state index in [0.29, 0.717) is 6.42 Å². The zero-order chi connectivity index (χ0) is 23.1. The third kappa shape index (κ3) is 3.86. The number of carboxylic acids is 1. The number of fused-ring (bicyclic) bond motifs is 5. The van der Waals surface area contributed by atoms with Gasteiger partial charge in [0.25, 0.3) is 0 Å². The summed E-state index contributed by atoms with van der Waals surface area (Å²) in [4.78, 5) is 38.5. The molecule has 1 aliphatic carbocycles. The predicted molar refractivity (Wildman–Crippen MR) is 122 cm³/mol. The number of ether oxygens (including phenoxy) is 1. The van der Waals surface area contributed by atoms with E-state index in [1.54, 1.807) is 11.8 Å². The van der Waals surface area contributed by atoms with E-state index in [-0.39, 0.29) is 36.9 Å². The number of hydrogen-bond acceptors (Lipinski definition) is 4. The fourth-order valence-corrected chi connectivity index (χ4v) is 5.90. The van der Waals surface area contributed by atoms with E-state index in [2.05, 4.69) is 29.6 Å². The Morgan fingerprint density at radius 1 is 1.06 bits per heavy atom. The van der Waals surface area contributed by atoms with Crippen LogP contribution in [0.1, 0.15) is 49.7 Å². The highest BCUT2D eigenvalue weighted by atomic mass is 16.5. The molecule has 172 valence electrons. The van der Waals surface area contributed by atoms with Crippen LogP contribution in [0.2, 0.25) is 0 Å². The van der Waals surface area contributed by atoms with Gasteiger partial charge in [0.1, 0.15) is 6.61 Å². The normalized spacial score (nSPS) is 23.7. The molecule has 2 fully saturated rings. The van der Waals surface area contributed by atoms with Crippen LogP contribution in [0.3, 0.4) is 0 Å². The number of hydrogen-bond donors (Lipinski definition) is 2. The number of alkyl carbamates (subject to hydrolysis) is 1. The standard InChI is InChI=1S/C26H28N2O5/c1-15(12-24(29)28-16-10-11-23(28)21(13-16)25(30)31)27-26(32)33-14-22-19-8-4-2-6-17(19)18-7-3-5-9-20(18)22/h2-9,15-16,21-23H,10-14H2,1H3,(H,27,32)(H,30,31)/t15-,16?,21?,23?/m1/s1. The molecule has 2 aromatic rings. The first-order valence-electron chi connectivity index (χ1n) is 11.6. The first-order valence-corrected chi connectivity index (χ1v) is 11.6. The van der Waals surface area contributed by atoms with Gasteiger partial charge in [0, 0.05) is 30.5 Å². The number of rotatable bonds is 6. The molecule has 0 spiro atoms. The first-order chi connectivity index (χ1) is 15.9. The van der Waals surface area contributed by atoms with Crippen molar-refractivity contribution in [3.05, 3.63) is 59.7 Å². The molecular formula is C26H28N2O5. The molecule has 2 heterocycles. The maximum atomic E-state index is 12.8. The van der Waals surface area contributed by atoms with Crippen LogP contribution in [-0.2, 0) is 14.3 Å².